The van der Waals surface area contributed by atoms with E-state index in [1.54, 1.807) is 11.8 Å². The fourth-order valence-electron chi connectivity index (χ4n) is 0.899. The molecule has 1 aromatic carbocycles. The minimum atomic E-state index is 1.04. The zero-order valence-corrected chi connectivity index (χ0v) is 8.45. The average Bonchev–Trinajstić information content (AvgIpc) is 2.09. The van der Waals surface area contributed by atoms with Gasteiger partial charge >= 0.3 is 0 Å². The van der Waals surface area contributed by atoms with Gasteiger partial charge in [0.15, 0.2) is 0 Å². The van der Waals surface area contributed by atoms with Crippen molar-refractivity contribution in [3.05, 3.63) is 41.3 Å². The van der Waals surface area contributed by atoms with Crippen molar-refractivity contribution >= 4 is 11.8 Å². The lowest BCUT2D eigenvalue weighted by Crippen LogP contribution is -1.78. The van der Waals surface area contributed by atoms with E-state index in [0.29, 0.717) is 0 Å². The first-order valence-electron chi connectivity index (χ1n) is 4.15. The van der Waals surface area contributed by atoms with Crippen LogP contribution < -0.4 is 0 Å². The summed E-state index contributed by atoms with van der Waals surface area (Å²) >= 11 is 1.78. The van der Waals surface area contributed by atoms with Crippen molar-refractivity contribution in [3.8, 4) is 0 Å². The predicted octanol–water partition coefficient (Wildman–Crippen LogP) is 4.01. The maximum absolute atomic E-state index is 3.97. The Morgan fingerprint density at radius 3 is 2.67 bits per heavy atom. The zero-order valence-electron chi connectivity index (χ0n) is 7.63. The Hall–Kier alpha value is -0.690. The number of thioether (sulfide) groups is 1. The Labute approximate surface area is 78.7 Å². The summed E-state index contributed by atoms with van der Waals surface area (Å²) < 4.78 is 0. The quantitative estimate of drug-likeness (QED) is 0.630. The van der Waals surface area contributed by atoms with Gasteiger partial charge in [0.2, 0.25) is 0 Å². The lowest BCUT2D eigenvalue weighted by atomic mass is 10.2. The molecule has 1 rings (SSSR count). The second-order valence-electron chi connectivity index (χ2n) is 2.76. The van der Waals surface area contributed by atoms with E-state index >= 15 is 0 Å². The molecule has 0 aliphatic heterocycles. The Morgan fingerprint density at radius 1 is 1.42 bits per heavy atom. The summed E-state index contributed by atoms with van der Waals surface area (Å²) in [5.74, 6) is 0. The van der Waals surface area contributed by atoms with Crippen LogP contribution in [0, 0.1) is 6.92 Å². The molecule has 1 heteroatoms. The topological polar surface area (TPSA) is 0 Å². The van der Waals surface area contributed by atoms with Crippen LogP contribution in [0.1, 0.15) is 18.9 Å². The number of rotatable bonds is 3. The summed E-state index contributed by atoms with van der Waals surface area (Å²) in [5.41, 5.74) is 1.33. The number of aryl methyl sites for hydroxylation is 1. The first-order valence-corrected chi connectivity index (χ1v) is 4.97. The fourth-order valence-corrected chi connectivity index (χ4v) is 1.73. The van der Waals surface area contributed by atoms with Crippen LogP contribution in [-0.2, 0) is 0 Å². The molecule has 0 heterocycles. The number of hydrogen-bond donors (Lipinski definition) is 0. The highest BCUT2D eigenvalue weighted by Crippen LogP contribution is 2.29. The van der Waals surface area contributed by atoms with Crippen LogP contribution >= 0.6 is 11.8 Å². The van der Waals surface area contributed by atoms with Crippen molar-refractivity contribution in [2.45, 2.75) is 25.2 Å². The second-order valence-corrected chi connectivity index (χ2v) is 3.98. The van der Waals surface area contributed by atoms with Crippen LogP contribution in [0.15, 0.2) is 40.6 Å². The van der Waals surface area contributed by atoms with Gasteiger partial charge in [-0.3, -0.25) is 0 Å². The Balaban J connectivity index is 2.75. The summed E-state index contributed by atoms with van der Waals surface area (Å²) in [6.45, 7) is 8.24. The molecule has 0 aliphatic carbocycles. The van der Waals surface area contributed by atoms with Gasteiger partial charge in [0.25, 0.3) is 0 Å². The van der Waals surface area contributed by atoms with E-state index in [0.717, 1.165) is 6.42 Å². The molecule has 64 valence electrons. The van der Waals surface area contributed by atoms with E-state index in [1.165, 1.54) is 15.4 Å². The highest BCUT2D eigenvalue weighted by Gasteiger charge is 1.98. The van der Waals surface area contributed by atoms with Crippen LogP contribution in [0.3, 0.4) is 0 Å². The van der Waals surface area contributed by atoms with Crippen LogP contribution in [0.4, 0.5) is 0 Å². The molecule has 0 atom stereocenters. The third kappa shape index (κ3) is 2.42. The molecule has 0 aliphatic rings. The van der Waals surface area contributed by atoms with Gasteiger partial charge in [-0.1, -0.05) is 43.5 Å². The average molecular weight is 178 g/mol. The standard InChI is InChI=1S/C11H14S/c1-4-10(3)12-11-8-6-5-7-9(11)2/h5-8H,3-4H2,1-2H3. The molecule has 0 radical (unpaired) electrons. The predicted molar refractivity (Wildman–Crippen MR) is 56.5 cm³/mol. The van der Waals surface area contributed by atoms with Crippen molar-refractivity contribution < 1.29 is 0 Å². The lowest BCUT2D eigenvalue weighted by molar-refractivity contribution is 1.20. The number of benzene rings is 1. The van der Waals surface area contributed by atoms with Gasteiger partial charge in [0, 0.05) is 4.90 Å². The smallest absolute Gasteiger partial charge is 0.0148 e. The monoisotopic (exact) mass is 178 g/mol. The first-order chi connectivity index (χ1) is 5.74. The molecule has 0 aromatic heterocycles. The van der Waals surface area contributed by atoms with E-state index in [-0.39, 0.29) is 0 Å². The van der Waals surface area contributed by atoms with E-state index in [2.05, 4.69) is 44.7 Å². The van der Waals surface area contributed by atoms with Crippen LogP contribution in [-0.4, -0.2) is 0 Å². The third-order valence-electron chi connectivity index (χ3n) is 1.74. The van der Waals surface area contributed by atoms with Crippen molar-refractivity contribution in [2.24, 2.45) is 0 Å². The molecule has 0 saturated heterocycles. The van der Waals surface area contributed by atoms with E-state index < -0.39 is 0 Å². The Kier molecular flexibility index (Phi) is 3.42. The molecule has 0 spiro atoms. The summed E-state index contributed by atoms with van der Waals surface area (Å²) in [7, 11) is 0. The van der Waals surface area contributed by atoms with Gasteiger partial charge in [-0.05, 0) is 29.9 Å². The van der Waals surface area contributed by atoms with Gasteiger partial charge in [-0.15, -0.1) is 0 Å². The molecule has 12 heavy (non-hydrogen) atoms. The third-order valence-corrected chi connectivity index (χ3v) is 3.00. The van der Waals surface area contributed by atoms with Crippen molar-refractivity contribution in [2.75, 3.05) is 0 Å². The van der Waals surface area contributed by atoms with Crippen molar-refractivity contribution in [1.29, 1.82) is 0 Å². The molecule has 0 amide bonds. The minimum absolute atomic E-state index is 1.04. The molecule has 0 bridgehead atoms. The summed E-state index contributed by atoms with van der Waals surface area (Å²) in [5, 5.41) is 0. The van der Waals surface area contributed by atoms with Gasteiger partial charge in [0.05, 0.1) is 0 Å². The SMILES string of the molecule is C=C(CC)Sc1ccccc1C. The van der Waals surface area contributed by atoms with Crippen LogP contribution in [0.25, 0.3) is 0 Å². The number of hydrogen-bond acceptors (Lipinski definition) is 1. The second kappa shape index (κ2) is 4.36. The maximum atomic E-state index is 3.97. The van der Waals surface area contributed by atoms with Crippen LogP contribution in [0.5, 0.6) is 0 Å². The van der Waals surface area contributed by atoms with Gasteiger partial charge < -0.3 is 0 Å². The normalized spacial score (nSPS) is 9.83. The maximum Gasteiger partial charge on any atom is 0.0148 e. The van der Waals surface area contributed by atoms with Crippen LogP contribution in [0.2, 0.25) is 0 Å². The van der Waals surface area contributed by atoms with E-state index in [1.807, 2.05) is 0 Å². The lowest BCUT2D eigenvalue weighted by Gasteiger charge is -2.04. The minimum Gasteiger partial charge on any atom is -0.0949 e. The Morgan fingerprint density at radius 2 is 2.08 bits per heavy atom. The summed E-state index contributed by atoms with van der Waals surface area (Å²) in [4.78, 5) is 2.55. The van der Waals surface area contributed by atoms with Gasteiger partial charge in [-0.25, -0.2) is 0 Å². The molecular formula is C11H14S. The molecule has 0 unspecified atom stereocenters. The molecular weight excluding hydrogens is 164 g/mol. The largest absolute Gasteiger partial charge is 0.0949 e. The summed E-state index contributed by atoms with van der Waals surface area (Å²) in [6, 6.07) is 8.40. The molecule has 0 saturated carbocycles. The van der Waals surface area contributed by atoms with Gasteiger partial charge in [-0.2, -0.15) is 0 Å². The zero-order chi connectivity index (χ0) is 8.97. The number of allylic oxidation sites excluding steroid dienone is 1. The van der Waals surface area contributed by atoms with E-state index in [4.69, 9.17) is 0 Å². The Bertz CT molecular complexity index is 276. The van der Waals surface area contributed by atoms with E-state index in [9.17, 15) is 0 Å². The van der Waals surface area contributed by atoms with Crippen molar-refractivity contribution in [1.82, 2.24) is 0 Å². The molecule has 1 aromatic rings. The fraction of sp³-hybridized carbons (Fsp3) is 0.273. The summed E-state index contributed by atoms with van der Waals surface area (Å²) in [6.07, 6.45) is 1.04. The highest BCUT2D eigenvalue weighted by atomic mass is 32.2. The van der Waals surface area contributed by atoms with Crippen molar-refractivity contribution in [3.63, 3.8) is 0 Å². The molecule has 0 nitrogen and oxygen atoms in total. The molecule has 0 fully saturated rings. The highest BCUT2D eigenvalue weighted by molar-refractivity contribution is 8.03. The first kappa shape index (κ1) is 9.40. The molecule has 0 N–H and O–H groups in total. The van der Waals surface area contributed by atoms with Gasteiger partial charge in [0.1, 0.15) is 0 Å².